The monoisotopic (exact) mass is 224 g/mol. The molecule has 2 heteroatoms. The average molecular weight is 224 g/mol. The van der Waals surface area contributed by atoms with Crippen molar-refractivity contribution in [3.05, 3.63) is 55.6 Å². The van der Waals surface area contributed by atoms with E-state index in [4.69, 9.17) is 0 Å². The van der Waals surface area contributed by atoms with Crippen molar-refractivity contribution in [2.24, 2.45) is 0 Å². The normalized spacial score (nSPS) is 8.36. The first-order valence-corrected chi connectivity index (χ1v) is 5.95. The molecule has 0 saturated carbocycles. The average Bonchev–Trinajstić information content (AvgIpc) is 2.21. The minimum Gasteiger partial charge on any atom is -0.154 e. The maximum atomic E-state index is 4.08. The minimum absolute atomic E-state index is 1.02. The molecule has 0 saturated heterocycles. The van der Waals surface area contributed by atoms with E-state index in [9.17, 15) is 0 Å². The number of hydrogen-bond acceptors (Lipinski definition) is 2. The Kier molecular flexibility index (Phi) is 10.0. The Morgan fingerprint density at radius 2 is 1.57 bits per heavy atom. The maximum absolute atomic E-state index is 4.08. The summed E-state index contributed by atoms with van der Waals surface area (Å²) in [5.41, 5.74) is 0. The summed E-state index contributed by atoms with van der Waals surface area (Å²) in [5.74, 6) is 2.07. The number of benzene rings is 1. The Bertz CT molecular complexity index is 234. The zero-order valence-corrected chi connectivity index (χ0v) is 9.94. The lowest BCUT2D eigenvalue weighted by Crippen LogP contribution is -1.69. The van der Waals surface area contributed by atoms with E-state index in [1.807, 2.05) is 54.2 Å². The molecule has 0 aliphatic rings. The largest absolute Gasteiger partial charge is 0.154 e. The van der Waals surface area contributed by atoms with Gasteiger partial charge in [-0.1, -0.05) is 30.4 Å². The summed E-state index contributed by atoms with van der Waals surface area (Å²) < 4.78 is 0. The van der Waals surface area contributed by atoms with Crippen LogP contribution in [0.25, 0.3) is 0 Å². The molecular weight excluding hydrogens is 208 g/mol. The van der Waals surface area contributed by atoms with Crippen molar-refractivity contribution >= 4 is 24.4 Å². The molecule has 0 heterocycles. The van der Waals surface area contributed by atoms with Gasteiger partial charge in [0.1, 0.15) is 0 Å². The second-order valence-corrected chi connectivity index (χ2v) is 4.04. The molecule has 0 spiro atoms. The second-order valence-electron chi connectivity index (χ2n) is 2.45. The lowest BCUT2D eigenvalue weighted by Gasteiger charge is -1.85. The summed E-state index contributed by atoms with van der Waals surface area (Å²) >= 11 is 5.90. The quantitative estimate of drug-likeness (QED) is 0.457. The van der Waals surface area contributed by atoms with Gasteiger partial charge in [0.2, 0.25) is 0 Å². The highest BCUT2D eigenvalue weighted by Gasteiger charge is 1.73. The standard InChI is InChI=1S/C6H6S.C6H10S/c7-6-4-2-1-3-5-6;1-3-5-7-6-4-2/h1-5,7H;3-4H,1-2,5-6H2. The van der Waals surface area contributed by atoms with Gasteiger partial charge in [0.25, 0.3) is 0 Å². The van der Waals surface area contributed by atoms with E-state index in [1.165, 1.54) is 0 Å². The Morgan fingerprint density at radius 1 is 1.07 bits per heavy atom. The van der Waals surface area contributed by atoms with Gasteiger partial charge in [0, 0.05) is 16.4 Å². The van der Waals surface area contributed by atoms with E-state index in [0.29, 0.717) is 0 Å². The molecule has 0 fully saturated rings. The van der Waals surface area contributed by atoms with Crippen LogP contribution < -0.4 is 0 Å². The molecule has 1 aromatic carbocycles. The van der Waals surface area contributed by atoms with E-state index in [2.05, 4.69) is 25.8 Å². The Labute approximate surface area is 96.5 Å². The van der Waals surface area contributed by atoms with E-state index in [-0.39, 0.29) is 0 Å². The zero-order chi connectivity index (χ0) is 10.6. The fourth-order valence-corrected chi connectivity index (χ4v) is 1.30. The third kappa shape index (κ3) is 9.49. The molecule has 0 bridgehead atoms. The highest BCUT2D eigenvalue weighted by Crippen LogP contribution is 2.00. The van der Waals surface area contributed by atoms with Gasteiger partial charge in [-0.05, 0) is 12.1 Å². The molecule has 0 nitrogen and oxygen atoms in total. The molecule has 1 rings (SSSR count). The molecule has 0 aliphatic heterocycles. The fraction of sp³-hybridized carbons (Fsp3) is 0.167. The Hall–Kier alpha value is -0.600. The Balaban J connectivity index is 0.000000241. The molecule has 0 aliphatic carbocycles. The number of rotatable bonds is 4. The zero-order valence-electron chi connectivity index (χ0n) is 8.23. The van der Waals surface area contributed by atoms with Crippen LogP contribution in [0.2, 0.25) is 0 Å². The van der Waals surface area contributed by atoms with Gasteiger partial charge in [-0.15, -0.1) is 25.8 Å². The van der Waals surface area contributed by atoms with E-state index in [1.54, 1.807) is 0 Å². The lowest BCUT2D eigenvalue weighted by atomic mass is 10.4. The van der Waals surface area contributed by atoms with E-state index in [0.717, 1.165) is 16.4 Å². The van der Waals surface area contributed by atoms with Crippen LogP contribution in [0.15, 0.2) is 60.5 Å². The third-order valence-electron chi connectivity index (χ3n) is 1.23. The molecule has 14 heavy (non-hydrogen) atoms. The summed E-state index contributed by atoms with van der Waals surface area (Å²) in [4.78, 5) is 1.02. The number of thioether (sulfide) groups is 1. The summed E-state index contributed by atoms with van der Waals surface area (Å²) in [7, 11) is 0. The van der Waals surface area contributed by atoms with E-state index >= 15 is 0 Å². The molecule has 0 radical (unpaired) electrons. The van der Waals surface area contributed by atoms with Gasteiger partial charge in [0.15, 0.2) is 0 Å². The number of hydrogen-bond donors (Lipinski definition) is 1. The van der Waals surface area contributed by atoms with Crippen molar-refractivity contribution < 1.29 is 0 Å². The summed E-state index contributed by atoms with van der Waals surface area (Å²) in [6.45, 7) is 7.15. The highest BCUT2D eigenvalue weighted by molar-refractivity contribution is 7.99. The molecule has 76 valence electrons. The third-order valence-corrected chi connectivity index (χ3v) is 2.47. The van der Waals surface area contributed by atoms with Crippen molar-refractivity contribution in [2.45, 2.75) is 4.90 Å². The van der Waals surface area contributed by atoms with Crippen LogP contribution in [0.4, 0.5) is 0 Å². The van der Waals surface area contributed by atoms with Gasteiger partial charge in [-0.2, -0.15) is 11.8 Å². The second kappa shape index (κ2) is 10.5. The van der Waals surface area contributed by atoms with E-state index < -0.39 is 0 Å². The van der Waals surface area contributed by atoms with Crippen LogP contribution in [0.3, 0.4) is 0 Å². The van der Waals surface area contributed by atoms with Crippen LogP contribution in [0.5, 0.6) is 0 Å². The molecule has 0 atom stereocenters. The first-order chi connectivity index (χ1) is 6.81. The summed E-state index contributed by atoms with van der Waals surface area (Å²) in [6.07, 6.45) is 3.79. The van der Waals surface area contributed by atoms with Crippen LogP contribution >= 0.6 is 24.4 Å². The summed E-state index contributed by atoms with van der Waals surface area (Å²) in [6, 6.07) is 9.79. The van der Waals surface area contributed by atoms with Crippen molar-refractivity contribution in [2.75, 3.05) is 11.5 Å². The first-order valence-electron chi connectivity index (χ1n) is 4.34. The Morgan fingerprint density at radius 3 is 1.86 bits per heavy atom. The maximum Gasteiger partial charge on any atom is 0.0113 e. The summed E-state index contributed by atoms with van der Waals surface area (Å²) in [5, 5.41) is 0. The van der Waals surface area contributed by atoms with Gasteiger partial charge in [-0.25, -0.2) is 0 Å². The molecule has 0 aromatic heterocycles. The number of thiol groups is 1. The van der Waals surface area contributed by atoms with Gasteiger partial charge in [0.05, 0.1) is 0 Å². The topological polar surface area (TPSA) is 0 Å². The molecule has 0 unspecified atom stereocenters. The van der Waals surface area contributed by atoms with Gasteiger partial charge < -0.3 is 0 Å². The van der Waals surface area contributed by atoms with Crippen molar-refractivity contribution in [3.8, 4) is 0 Å². The molecule has 0 N–H and O–H groups in total. The van der Waals surface area contributed by atoms with Crippen molar-refractivity contribution in [1.29, 1.82) is 0 Å². The van der Waals surface area contributed by atoms with Crippen LogP contribution in [0.1, 0.15) is 0 Å². The predicted octanol–water partition coefficient (Wildman–Crippen LogP) is 4.07. The molecule has 1 aromatic rings. The molecule has 0 amide bonds. The van der Waals surface area contributed by atoms with Gasteiger partial charge in [-0.3, -0.25) is 0 Å². The van der Waals surface area contributed by atoms with Crippen molar-refractivity contribution in [1.82, 2.24) is 0 Å². The van der Waals surface area contributed by atoms with Crippen LogP contribution in [-0.4, -0.2) is 11.5 Å². The smallest absolute Gasteiger partial charge is 0.0113 e. The fourth-order valence-electron chi connectivity index (χ4n) is 0.663. The molecular formula is C12H16S2. The predicted molar refractivity (Wildman–Crippen MR) is 71.4 cm³/mol. The SMILES string of the molecule is C=CCSCC=C.Sc1ccccc1. The minimum atomic E-state index is 1.02. The van der Waals surface area contributed by atoms with Crippen LogP contribution in [0, 0.1) is 0 Å². The highest BCUT2D eigenvalue weighted by atomic mass is 32.2. The lowest BCUT2D eigenvalue weighted by molar-refractivity contribution is 1.48. The first kappa shape index (κ1) is 13.4. The van der Waals surface area contributed by atoms with Crippen LogP contribution in [-0.2, 0) is 0 Å². The van der Waals surface area contributed by atoms with Crippen molar-refractivity contribution in [3.63, 3.8) is 0 Å². The van der Waals surface area contributed by atoms with Gasteiger partial charge >= 0.3 is 0 Å².